The number of nitrogens with one attached hydrogen (secondary N) is 1. The number of carboxylic acid groups (broad SMARTS) is 1. The third-order valence-corrected chi connectivity index (χ3v) is 4.07. The standard InChI is InChI=1S/C14H19BrN2O2/c1-17-5-3-2-4-13(17)9-16-12-7-10(14(18)19)6-11(15)8-12/h6-8,13,16H,2-5,9H2,1H3,(H,18,19). The number of halogens is 1. The smallest absolute Gasteiger partial charge is 0.335 e. The van der Waals surface area contributed by atoms with Crippen LogP contribution in [0.25, 0.3) is 0 Å². The summed E-state index contributed by atoms with van der Waals surface area (Å²) >= 11 is 3.35. The summed E-state index contributed by atoms with van der Waals surface area (Å²) < 4.78 is 0.784. The number of hydrogen-bond donors (Lipinski definition) is 2. The zero-order chi connectivity index (χ0) is 13.8. The van der Waals surface area contributed by atoms with E-state index in [9.17, 15) is 4.79 Å². The molecule has 0 aromatic heterocycles. The average molecular weight is 327 g/mol. The minimum absolute atomic E-state index is 0.300. The molecule has 1 aliphatic rings. The van der Waals surface area contributed by atoms with Crippen molar-refractivity contribution in [1.82, 2.24) is 4.90 Å². The van der Waals surface area contributed by atoms with Gasteiger partial charge in [0.15, 0.2) is 0 Å². The summed E-state index contributed by atoms with van der Waals surface area (Å²) in [6, 6.07) is 5.73. The number of nitrogens with zero attached hydrogens (tertiary/aromatic N) is 1. The topological polar surface area (TPSA) is 52.6 Å². The molecule has 1 heterocycles. The second-order valence-corrected chi connectivity index (χ2v) is 5.96. The highest BCUT2D eigenvalue weighted by Crippen LogP contribution is 2.21. The molecule has 2 rings (SSSR count). The fourth-order valence-corrected chi connectivity index (χ4v) is 2.95. The molecule has 1 aromatic rings. The van der Waals surface area contributed by atoms with E-state index in [2.05, 4.69) is 33.2 Å². The molecule has 0 bridgehead atoms. The van der Waals surface area contributed by atoms with E-state index >= 15 is 0 Å². The minimum Gasteiger partial charge on any atom is -0.478 e. The van der Waals surface area contributed by atoms with Crippen LogP contribution >= 0.6 is 15.9 Å². The Labute approximate surface area is 121 Å². The van der Waals surface area contributed by atoms with E-state index < -0.39 is 5.97 Å². The van der Waals surface area contributed by atoms with Crippen molar-refractivity contribution in [2.75, 3.05) is 25.5 Å². The van der Waals surface area contributed by atoms with Crippen molar-refractivity contribution in [3.8, 4) is 0 Å². The summed E-state index contributed by atoms with van der Waals surface area (Å²) in [6.45, 7) is 2.00. The normalized spacial score (nSPS) is 20.2. The number of benzene rings is 1. The third kappa shape index (κ3) is 3.94. The monoisotopic (exact) mass is 326 g/mol. The molecule has 2 N–H and O–H groups in total. The van der Waals surface area contributed by atoms with E-state index in [1.54, 1.807) is 12.1 Å². The maximum absolute atomic E-state index is 11.0. The fourth-order valence-electron chi connectivity index (χ4n) is 2.45. The molecule has 0 spiro atoms. The van der Waals surface area contributed by atoms with E-state index in [1.807, 2.05) is 6.07 Å². The van der Waals surface area contributed by atoms with Gasteiger partial charge in [-0.1, -0.05) is 22.4 Å². The largest absolute Gasteiger partial charge is 0.478 e. The number of hydrogen-bond acceptors (Lipinski definition) is 3. The van der Waals surface area contributed by atoms with Gasteiger partial charge in [-0.2, -0.15) is 0 Å². The van der Waals surface area contributed by atoms with E-state index in [0.717, 1.165) is 23.2 Å². The van der Waals surface area contributed by atoms with Gasteiger partial charge in [-0.3, -0.25) is 0 Å². The Morgan fingerprint density at radius 3 is 2.95 bits per heavy atom. The molecule has 104 valence electrons. The first-order chi connectivity index (χ1) is 9.06. The maximum atomic E-state index is 11.0. The number of carbonyl (C=O) groups is 1. The van der Waals surface area contributed by atoms with Crippen molar-refractivity contribution in [2.45, 2.75) is 25.3 Å². The van der Waals surface area contributed by atoms with E-state index in [4.69, 9.17) is 5.11 Å². The maximum Gasteiger partial charge on any atom is 0.335 e. The Balaban J connectivity index is 2.00. The number of likely N-dealkylation sites (N-methyl/N-ethyl adjacent to an activating group) is 1. The first-order valence-electron chi connectivity index (χ1n) is 6.54. The number of rotatable bonds is 4. The van der Waals surface area contributed by atoms with Crippen molar-refractivity contribution in [2.24, 2.45) is 0 Å². The number of carboxylic acids is 1. The van der Waals surface area contributed by atoms with Crippen LogP contribution in [-0.4, -0.2) is 42.2 Å². The van der Waals surface area contributed by atoms with Gasteiger partial charge >= 0.3 is 5.97 Å². The van der Waals surface area contributed by atoms with E-state index in [1.165, 1.54) is 19.3 Å². The molecular formula is C14H19BrN2O2. The van der Waals surface area contributed by atoms with Crippen molar-refractivity contribution in [3.63, 3.8) is 0 Å². The third-order valence-electron chi connectivity index (χ3n) is 3.61. The molecule has 0 radical (unpaired) electrons. The summed E-state index contributed by atoms with van der Waals surface area (Å²) in [6.07, 6.45) is 3.74. The average Bonchev–Trinajstić information content (AvgIpc) is 2.37. The number of likely N-dealkylation sites (tertiary alicyclic amines) is 1. The molecule has 0 aliphatic carbocycles. The number of anilines is 1. The molecule has 1 saturated heterocycles. The number of aromatic carboxylic acids is 1. The second kappa shape index (κ2) is 6.39. The minimum atomic E-state index is -0.904. The van der Waals surface area contributed by atoms with Crippen LogP contribution in [0.5, 0.6) is 0 Å². The lowest BCUT2D eigenvalue weighted by Gasteiger charge is -2.32. The molecule has 1 aromatic carbocycles. The zero-order valence-corrected chi connectivity index (χ0v) is 12.6. The van der Waals surface area contributed by atoms with E-state index in [0.29, 0.717) is 11.6 Å². The molecule has 1 fully saturated rings. The molecule has 1 aliphatic heterocycles. The molecule has 19 heavy (non-hydrogen) atoms. The Hall–Kier alpha value is -1.07. The molecule has 0 amide bonds. The van der Waals surface area contributed by atoms with Crippen molar-refractivity contribution < 1.29 is 9.90 Å². The van der Waals surface area contributed by atoms with Gasteiger partial charge in [-0.15, -0.1) is 0 Å². The predicted molar refractivity (Wildman–Crippen MR) is 79.9 cm³/mol. The SMILES string of the molecule is CN1CCCCC1CNc1cc(Br)cc(C(=O)O)c1. The van der Waals surface area contributed by atoms with Gasteiger partial charge < -0.3 is 15.3 Å². The van der Waals surface area contributed by atoms with Crippen LogP contribution in [0.15, 0.2) is 22.7 Å². The van der Waals surface area contributed by atoms with Crippen molar-refractivity contribution in [3.05, 3.63) is 28.2 Å². The summed E-state index contributed by atoms with van der Waals surface area (Å²) in [5, 5.41) is 12.4. The predicted octanol–water partition coefficient (Wildman–Crippen LogP) is 3.04. The Bertz CT molecular complexity index is 465. The number of piperidine rings is 1. The first-order valence-corrected chi connectivity index (χ1v) is 7.33. The first kappa shape index (κ1) is 14.3. The lowest BCUT2D eigenvalue weighted by atomic mass is 10.0. The second-order valence-electron chi connectivity index (χ2n) is 5.04. The highest BCUT2D eigenvalue weighted by atomic mass is 79.9. The summed E-state index contributed by atoms with van der Waals surface area (Å²) in [5.41, 5.74) is 1.15. The highest BCUT2D eigenvalue weighted by Gasteiger charge is 2.18. The zero-order valence-electron chi connectivity index (χ0n) is 11.0. The van der Waals surface area contributed by atoms with Gasteiger partial charge in [0, 0.05) is 22.7 Å². The van der Waals surface area contributed by atoms with Crippen LogP contribution < -0.4 is 5.32 Å². The summed E-state index contributed by atoms with van der Waals surface area (Å²) in [7, 11) is 2.15. The summed E-state index contributed by atoms with van der Waals surface area (Å²) in [5.74, 6) is -0.904. The molecular weight excluding hydrogens is 308 g/mol. The molecule has 4 nitrogen and oxygen atoms in total. The lowest BCUT2D eigenvalue weighted by Crippen LogP contribution is -2.40. The molecule has 1 atom stereocenters. The molecule has 5 heteroatoms. The molecule has 1 unspecified atom stereocenters. The van der Waals surface area contributed by atoms with Crippen LogP contribution in [0.3, 0.4) is 0 Å². The van der Waals surface area contributed by atoms with Gasteiger partial charge in [0.25, 0.3) is 0 Å². The van der Waals surface area contributed by atoms with Crippen LogP contribution in [0.2, 0.25) is 0 Å². The Morgan fingerprint density at radius 2 is 2.26 bits per heavy atom. The van der Waals surface area contributed by atoms with Gasteiger partial charge in [0.05, 0.1) is 5.56 Å². The molecule has 0 saturated carbocycles. The summed E-state index contributed by atoms with van der Waals surface area (Å²) in [4.78, 5) is 13.4. The Kier molecular flexibility index (Phi) is 4.82. The van der Waals surface area contributed by atoms with Crippen molar-refractivity contribution >= 4 is 27.6 Å². The van der Waals surface area contributed by atoms with Crippen LogP contribution in [0.4, 0.5) is 5.69 Å². The van der Waals surface area contributed by atoms with Crippen LogP contribution in [0, 0.1) is 0 Å². The fraction of sp³-hybridized carbons (Fsp3) is 0.500. The highest BCUT2D eigenvalue weighted by molar-refractivity contribution is 9.10. The quantitative estimate of drug-likeness (QED) is 0.892. The van der Waals surface area contributed by atoms with Crippen LogP contribution in [0.1, 0.15) is 29.6 Å². The Morgan fingerprint density at radius 1 is 1.47 bits per heavy atom. The lowest BCUT2D eigenvalue weighted by molar-refractivity contribution is 0.0697. The van der Waals surface area contributed by atoms with Crippen molar-refractivity contribution in [1.29, 1.82) is 0 Å². The van der Waals surface area contributed by atoms with Gasteiger partial charge in [0.2, 0.25) is 0 Å². The van der Waals surface area contributed by atoms with Gasteiger partial charge in [0.1, 0.15) is 0 Å². The van der Waals surface area contributed by atoms with Crippen LogP contribution in [-0.2, 0) is 0 Å². The van der Waals surface area contributed by atoms with Gasteiger partial charge in [-0.25, -0.2) is 4.79 Å². The van der Waals surface area contributed by atoms with Gasteiger partial charge in [-0.05, 0) is 44.6 Å². The van der Waals surface area contributed by atoms with E-state index in [-0.39, 0.29) is 0 Å².